The molecule has 1 N–H and O–H groups in total. The number of ketones is 1. The van der Waals surface area contributed by atoms with Crippen molar-refractivity contribution in [1.82, 2.24) is 0 Å². The molecule has 1 aliphatic heterocycles. The molecule has 0 aliphatic carbocycles. The van der Waals surface area contributed by atoms with Crippen LogP contribution in [0.4, 0.5) is 11.4 Å². The van der Waals surface area contributed by atoms with Crippen LogP contribution in [0.2, 0.25) is 0 Å². The molecule has 39 heavy (non-hydrogen) atoms. The molecule has 3 aromatic rings. The van der Waals surface area contributed by atoms with Crippen molar-refractivity contribution in [3.63, 3.8) is 0 Å². The number of anilines is 2. The quantitative estimate of drug-likeness (QED) is 0.201. The standard InChI is InChI=1S/C32H36N2O5/c1-7-18-38-27-17-10-23(19-21(27)4)30(35)28-29(22-8-15-26(16-9-22)39-20(2)3)34(32(37)31(28)36)25-13-11-24(12-14-25)33(5)6/h8-17,19-20,29,35H,7,18H2,1-6H3/b30-28-. The Balaban J connectivity index is 1.84. The number of rotatable bonds is 9. The molecule has 1 atom stereocenters. The van der Waals surface area contributed by atoms with Crippen molar-refractivity contribution in [2.45, 2.75) is 46.3 Å². The SMILES string of the molecule is CCCOc1ccc(/C(O)=C2/C(=O)C(=O)N(c3ccc(N(C)C)cc3)C2c2ccc(OC(C)C)cc2)cc1C. The molecule has 0 spiro atoms. The zero-order chi connectivity index (χ0) is 28.3. The lowest BCUT2D eigenvalue weighted by atomic mass is 9.94. The van der Waals surface area contributed by atoms with Crippen LogP contribution in [0.5, 0.6) is 11.5 Å². The Morgan fingerprint density at radius 3 is 2.23 bits per heavy atom. The first kappa shape index (κ1) is 27.8. The third kappa shape index (κ3) is 5.77. The van der Waals surface area contributed by atoms with Gasteiger partial charge in [-0.15, -0.1) is 0 Å². The van der Waals surface area contributed by atoms with Gasteiger partial charge in [0.1, 0.15) is 17.3 Å². The molecule has 0 saturated carbocycles. The van der Waals surface area contributed by atoms with Crippen molar-refractivity contribution in [2.75, 3.05) is 30.5 Å². The van der Waals surface area contributed by atoms with Crippen LogP contribution in [0.1, 0.15) is 49.9 Å². The number of benzene rings is 3. The lowest BCUT2D eigenvalue weighted by Gasteiger charge is -2.26. The van der Waals surface area contributed by atoms with E-state index in [9.17, 15) is 14.7 Å². The Hall–Kier alpha value is -4.26. The minimum Gasteiger partial charge on any atom is -0.507 e. The van der Waals surface area contributed by atoms with Crippen LogP contribution >= 0.6 is 0 Å². The summed E-state index contributed by atoms with van der Waals surface area (Å²) in [6.07, 6.45) is 0.880. The minimum atomic E-state index is -0.820. The van der Waals surface area contributed by atoms with Gasteiger partial charge in [-0.3, -0.25) is 14.5 Å². The molecule has 1 saturated heterocycles. The van der Waals surface area contributed by atoms with Crippen LogP contribution in [-0.2, 0) is 9.59 Å². The van der Waals surface area contributed by atoms with Crippen molar-refractivity contribution >= 4 is 28.8 Å². The van der Waals surface area contributed by atoms with Gasteiger partial charge in [-0.05, 0) is 92.9 Å². The van der Waals surface area contributed by atoms with Gasteiger partial charge in [0.15, 0.2) is 0 Å². The van der Waals surface area contributed by atoms with Crippen LogP contribution in [0.25, 0.3) is 5.76 Å². The molecule has 0 radical (unpaired) electrons. The van der Waals surface area contributed by atoms with E-state index in [1.54, 1.807) is 18.2 Å². The highest BCUT2D eigenvalue weighted by Gasteiger charge is 2.47. The molecule has 0 aromatic heterocycles. The first-order chi connectivity index (χ1) is 18.6. The van der Waals surface area contributed by atoms with E-state index in [1.807, 2.05) is 95.2 Å². The molecule has 4 rings (SSSR count). The Morgan fingerprint density at radius 2 is 1.67 bits per heavy atom. The summed E-state index contributed by atoms with van der Waals surface area (Å²) < 4.78 is 11.6. The number of hydrogen-bond donors (Lipinski definition) is 1. The van der Waals surface area contributed by atoms with Gasteiger partial charge in [0.25, 0.3) is 11.7 Å². The molecule has 7 heteroatoms. The van der Waals surface area contributed by atoms with Gasteiger partial charge >= 0.3 is 0 Å². The van der Waals surface area contributed by atoms with E-state index in [0.29, 0.717) is 34.9 Å². The highest BCUT2D eigenvalue weighted by atomic mass is 16.5. The number of aliphatic hydroxyl groups excluding tert-OH is 1. The highest BCUT2D eigenvalue weighted by Crippen LogP contribution is 2.43. The maximum atomic E-state index is 13.5. The lowest BCUT2D eigenvalue weighted by Crippen LogP contribution is -2.29. The Morgan fingerprint density at radius 1 is 1.00 bits per heavy atom. The lowest BCUT2D eigenvalue weighted by molar-refractivity contribution is -0.132. The Bertz CT molecular complexity index is 1370. The van der Waals surface area contributed by atoms with Crippen LogP contribution in [0.3, 0.4) is 0 Å². The van der Waals surface area contributed by atoms with E-state index in [2.05, 4.69) is 0 Å². The summed E-state index contributed by atoms with van der Waals surface area (Å²) >= 11 is 0. The fraction of sp³-hybridized carbons (Fsp3) is 0.312. The summed E-state index contributed by atoms with van der Waals surface area (Å²) in [5, 5.41) is 11.5. The highest BCUT2D eigenvalue weighted by molar-refractivity contribution is 6.51. The summed E-state index contributed by atoms with van der Waals surface area (Å²) in [6.45, 7) is 8.39. The van der Waals surface area contributed by atoms with E-state index < -0.39 is 17.7 Å². The maximum Gasteiger partial charge on any atom is 0.300 e. The number of Topliss-reactive ketones (excluding diaryl/α,β-unsaturated/α-hetero) is 1. The average Bonchev–Trinajstić information content (AvgIpc) is 3.17. The molecule has 3 aromatic carbocycles. The summed E-state index contributed by atoms with van der Waals surface area (Å²) in [4.78, 5) is 30.4. The van der Waals surface area contributed by atoms with Gasteiger partial charge in [0.05, 0.1) is 24.3 Å². The monoisotopic (exact) mass is 528 g/mol. The van der Waals surface area contributed by atoms with Gasteiger partial charge in [-0.2, -0.15) is 0 Å². The number of carbonyl (C=O) groups excluding carboxylic acids is 2. The van der Waals surface area contributed by atoms with Gasteiger partial charge in [0, 0.05) is 31.0 Å². The second-order valence-electron chi connectivity index (χ2n) is 10.1. The first-order valence-corrected chi connectivity index (χ1v) is 13.2. The summed E-state index contributed by atoms with van der Waals surface area (Å²) in [6, 6.07) is 19.1. The molecule has 1 amide bonds. The summed E-state index contributed by atoms with van der Waals surface area (Å²) in [7, 11) is 3.87. The predicted octanol–water partition coefficient (Wildman–Crippen LogP) is 6.26. The smallest absolute Gasteiger partial charge is 0.300 e. The largest absolute Gasteiger partial charge is 0.507 e. The third-order valence-corrected chi connectivity index (χ3v) is 6.57. The number of amides is 1. The average molecular weight is 529 g/mol. The zero-order valence-electron chi connectivity index (χ0n) is 23.4. The van der Waals surface area contributed by atoms with E-state index in [0.717, 1.165) is 17.7 Å². The maximum absolute atomic E-state index is 13.5. The van der Waals surface area contributed by atoms with Crippen molar-refractivity contribution in [3.05, 3.63) is 89.0 Å². The molecule has 1 fully saturated rings. The Labute approximate surface area is 230 Å². The van der Waals surface area contributed by atoms with Gasteiger partial charge < -0.3 is 19.5 Å². The fourth-order valence-corrected chi connectivity index (χ4v) is 4.65. The topological polar surface area (TPSA) is 79.3 Å². The van der Waals surface area contributed by atoms with Crippen LogP contribution in [0.15, 0.2) is 72.3 Å². The second kappa shape index (κ2) is 11.6. The van der Waals surface area contributed by atoms with Crippen LogP contribution in [0, 0.1) is 6.92 Å². The number of carbonyl (C=O) groups is 2. The number of aryl methyl sites for hydroxylation is 1. The molecular weight excluding hydrogens is 492 g/mol. The number of ether oxygens (including phenoxy) is 2. The van der Waals surface area contributed by atoms with E-state index in [4.69, 9.17) is 9.47 Å². The van der Waals surface area contributed by atoms with E-state index in [-0.39, 0.29) is 17.4 Å². The van der Waals surface area contributed by atoms with Crippen molar-refractivity contribution in [3.8, 4) is 11.5 Å². The molecule has 1 heterocycles. The summed E-state index contributed by atoms with van der Waals surface area (Å²) in [5.41, 5.74) is 3.52. The fourth-order valence-electron chi connectivity index (χ4n) is 4.65. The number of aliphatic hydroxyl groups is 1. The summed E-state index contributed by atoms with van der Waals surface area (Å²) in [5.74, 6) is -0.258. The van der Waals surface area contributed by atoms with Crippen molar-refractivity contribution < 1.29 is 24.2 Å². The zero-order valence-corrected chi connectivity index (χ0v) is 23.4. The number of nitrogens with zero attached hydrogens (tertiary/aromatic N) is 2. The van der Waals surface area contributed by atoms with Crippen LogP contribution < -0.4 is 19.3 Å². The molecule has 7 nitrogen and oxygen atoms in total. The second-order valence-corrected chi connectivity index (χ2v) is 10.1. The van der Waals surface area contributed by atoms with Gasteiger partial charge in [0.2, 0.25) is 0 Å². The molecular formula is C32H36N2O5. The van der Waals surface area contributed by atoms with Crippen molar-refractivity contribution in [2.24, 2.45) is 0 Å². The molecule has 204 valence electrons. The number of hydrogen-bond acceptors (Lipinski definition) is 6. The Kier molecular flexibility index (Phi) is 8.29. The van der Waals surface area contributed by atoms with Gasteiger partial charge in [-0.25, -0.2) is 0 Å². The van der Waals surface area contributed by atoms with Gasteiger partial charge in [-0.1, -0.05) is 19.1 Å². The molecule has 0 bridgehead atoms. The normalized spacial score (nSPS) is 16.6. The molecule has 1 unspecified atom stereocenters. The minimum absolute atomic E-state index is 0.00390. The first-order valence-electron chi connectivity index (χ1n) is 13.2. The molecule has 1 aliphatic rings. The van der Waals surface area contributed by atoms with Crippen LogP contribution in [-0.4, -0.2) is 43.6 Å². The van der Waals surface area contributed by atoms with E-state index >= 15 is 0 Å². The third-order valence-electron chi connectivity index (χ3n) is 6.57. The van der Waals surface area contributed by atoms with Crippen molar-refractivity contribution in [1.29, 1.82) is 0 Å². The van der Waals surface area contributed by atoms with E-state index in [1.165, 1.54) is 4.90 Å². The predicted molar refractivity (Wildman–Crippen MR) is 155 cm³/mol.